The summed E-state index contributed by atoms with van der Waals surface area (Å²) in [6.45, 7) is 30.6. The van der Waals surface area contributed by atoms with E-state index in [1.807, 2.05) is 49.6 Å². The Morgan fingerprint density at radius 2 is 0.734 bits per heavy atom. The van der Waals surface area contributed by atoms with Crippen molar-refractivity contribution in [2.45, 2.75) is 191 Å². The molecule has 6 saturated heterocycles. The van der Waals surface area contributed by atoms with E-state index >= 15 is 0 Å². The van der Waals surface area contributed by atoms with Crippen LogP contribution in [0.15, 0.2) is 111 Å². The fourth-order valence-corrected chi connectivity index (χ4v) is 21.5. The number of amides is 4. The van der Waals surface area contributed by atoms with Gasteiger partial charge in [0.25, 0.3) is 40.3 Å². The van der Waals surface area contributed by atoms with Gasteiger partial charge in [-0.3, -0.25) is 72.8 Å². The van der Waals surface area contributed by atoms with Gasteiger partial charge in [-0.05, 0) is 219 Å². The van der Waals surface area contributed by atoms with Crippen molar-refractivity contribution in [2.24, 2.45) is 17.8 Å². The van der Waals surface area contributed by atoms with Crippen molar-refractivity contribution in [2.75, 3.05) is 106 Å². The van der Waals surface area contributed by atoms with Gasteiger partial charge in [0.15, 0.2) is 28.4 Å². The first kappa shape index (κ1) is 101. The molecule has 7 atom stereocenters. The third-order valence-electron chi connectivity index (χ3n) is 26.8. The minimum absolute atomic E-state index is 0.163. The van der Waals surface area contributed by atoms with Crippen molar-refractivity contribution >= 4 is 132 Å². The van der Waals surface area contributed by atoms with E-state index in [1.165, 1.54) is 25.7 Å². The third kappa shape index (κ3) is 22.5. The maximum Gasteiger partial charge on any atom is 0.275 e. The Morgan fingerprint density at radius 1 is 0.381 bits per heavy atom. The highest BCUT2D eigenvalue weighted by molar-refractivity contribution is 7.92. The van der Waals surface area contributed by atoms with E-state index in [9.17, 15) is 67.2 Å². The van der Waals surface area contributed by atoms with Crippen LogP contribution in [0.2, 0.25) is 5.02 Å². The topological polar surface area (TPSA) is 465 Å². The van der Waals surface area contributed by atoms with E-state index < -0.39 is 40.1 Å². The van der Waals surface area contributed by atoms with E-state index in [0.29, 0.717) is 136 Å². The van der Waals surface area contributed by atoms with E-state index in [2.05, 4.69) is 92.2 Å². The molecule has 0 bridgehead atoms. The molecule has 0 saturated carbocycles. The number of rotatable bonds is 18. The Hall–Kier alpha value is -12.5. The second-order valence-corrected chi connectivity index (χ2v) is 45.6. The van der Waals surface area contributed by atoms with Crippen molar-refractivity contribution in [1.82, 2.24) is 83.4 Å². The van der Waals surface area contributed by atoms with Gasteiger partial charge in [0.2, 0.25) is 40.1 Å². The van der Waals surface area contributed by atoms with Crippen LogP contribution in [0.1, 0.15) is 242 Å². The maximum absolute atomic E-state index is 14.0. The number of halogens is 1. The van der Waals surface area contributed by atoms with Crippen LogP contribution < -0.4 is 50.9 Å². The van der Waals surface area contributed by atoms with Crippen LogP contribution in [-0.2, 0) is 40.1 Å². The summed E-state index contributed by atoms with van der Waals surface area (Å²) < 4.78 is 111. The van der Waals surface area contributed by atoms with Crippen molar-refractivity contribution in [1.29, 1.82) is 0 Å². The molecule has 139 heavy (non-hydrogen) atoms. The molecule has 4 aromatic carbocycles. The molecule has 0 aliphatic carbocycles. The lowest BCUT2D eigenvalue weighted by molar-refractivity contribution is 0.0545. The number of nitrogens with one attached hydrogen (secondary N) is 8. The number of anilines is 6. The summed E-state index contributed by atoms with van der Waals surface area (Å²) >= 11 is 6.25. The molecule has 0 radical (unpaired) electrons. The summed E-state index contributed by atoms with van der Waals surface area (Å²) in [6.07, 6.45) is 14.8. The lowest BCUT2D eigenvalue weighted by Crippen LogP contribution is -2.45. The van der Waals surface area contributed by atoms with Crippen LogP contribution in [0, 0.1) is 87.0 Å². The van der Waals surface area contributed by atoms with Gasteiger partial charge in [0.1, 0.15) is 5.82 Å². The molecule has 0 unspecified atom stereocenters. The number of aromatic nitrogens is 12. The van der Waals surface area contributed by atoms with Gasteiger partial charge in [-0.2, -0.15) is 9.61 Å². The largest absolute Gasteiger partial charge is 0.356 e. The van der Waals surface area contributed by atoms with Crippen molar-refractivity contribution < 1.29 is 52.8 Å². The van der Waals surface area contributed by atoms with E-state index in [-0.39, 0.29) is 92.8 Å². The van der Waals surface area contributed by atoms with E-state index in [1.54, 1.807) is 122 Å². The summed E-state index contributed by atoms with van der Waals surface area (Å²) in [7, 11) is -14.3. The van der Waals surface area contributed by atoms with Gasteiger partial charge in [0.05, 0.1) is 117 Å². The summed E-state index contributed by atoms with van der Waals surface area (Å²) in [5, 5.41) is 17.1. The summed E-state index contributed by atoms with van der Waals surface area (Å²) in [5.74, 6) is 2.06. The summed E-state index contributed by atoms with van der Waals surface area (Å²) in [4.78, 5) is 121. The fraction of sp³-hybridized carbons (Fsp3) is 0.458. The Balaban J connectivity index is 0.000000141. The van der Waals surface area contributed by atoms with Crippen LogP contribution >= 0.6 is 11.6 Å². The minimum Gasteiger partial charge on any atom is -0.356 e. The third-order valence-corrected chi connectivity index (χ3v) is 29.4. The molecule has 8 N–H and O–H groups in total. The van der Waals surface area contributed by atoms with Crippen LogP contribution in [0.25, 0.3) is 22.6 Å². The molecule has 12 aromatic rings. The molecule has 8 aromatic heterocycles. The van der Waals surface area contributed by atoms with Gasteiger partial charge in [-0.1, -0.05) is 67.3 Å². The second-order valence-electron chi connectivity index (χ2n) is 38.2. The Bertz CT molecular complexity index is 7010. The first-order valence-corrected chi connectivity index (χ1v) is 54.7. The van der Waals surface area contributed by atoms with Gasteiger partial charge < -0.3 is 24.5 Å². The molecule has 43 heteroatoms. The highest BCUT2D eigenvalue weighted by atomic mass is 35.5. The van der Waals surface area contributed by atoms with Crippen LogP contribution in [-0.4, -0.2) is 213 Å². The number of carbonyl (C=O) groups is 4. The van der Waals surface area contributed by atoms with Gasteiger partial charge in [0, 0.05) is 121 Å². The van der Waals surface area contributed by atoms with Crippen LogP contribution in [0.4, 0.5) is 34.4 Å². The second kappa shape index (κ2) is 40.4. The zero-order valence-electron chi connectivity index (χ0n) is 81.3. The standard InChI is InChI=1S/C27H35ClN8O3S.3C23H29N5O4S/c1-18-25(33-12-7-13-33)30-24-17-22(31-36(24)26(18)35-15-6-4-11-29-35)23-8-3-5-14-34(23)27(37)20-16-19(28)9-10-21(20)32-40(2,38)39;3*1-13-6-7-18(26-33(5,31)32)17(10-13)23(30)27-9-8-14(2)11-20(27)19-12-21-24-16(4)15(3)22(29)28(21)25-19/h9-10,16-17,23,29,32H,3-8,11-15H2,1-2H3;3*6-7,10,12,14,20,25-26H,8-9,11H2,1-5H3/t23-;14-,20+;2*14-,20-/m0010/s1. The molecule has 4 amide bonds. The average Bonchev–Trinajstić information content (AvgIpc) is 1.63. The maximum atomic E-state index is 14.0. The number of sulfonamides is 4. The molecule has 742 valence electrons. The first-order chi connectivity index (χ1) is 65.5. The van der Waals surface area contributed by atoms with E-state index in [0.717, 1.165) is 171 Å². The smallest absolute Gasteiger partial charge is 0.275 e. The number of piperidine rings is 4. The lowest BCUT2D eigenvalue weighted by Gasteiger charge is -2.38. The average molecular weight is 2000 g/mol. The van der Waals surface area contributed by atoms with Crippen LogP contribution in [0.3, 0.4) is 0 Å². The molecule has 6 aliphatic rings. The number of benzene rings is 4. The summed E-state index contributed by atoms with van der Waals surface area (Å²) in [5.41, 5.74) is 17.8. The number of nitrogens with zero attached hydrogens (tertiary/aromatic N) is 15. The quantitative estimate of drug-likeness (QED) is 0.0395. The highest BCUT2D eigenvalue weighted by Gasteiger charge is 2.41. The van der Waals surface area contributed by atoms with E-state index in [4.69, 9.17) is 21.7 Å². The SMILES string of the molecule is Cc1c(N2CCC2)nc2cc([C@@H]3CCCCN3C(=O)c3cc(Cl)ccc3NS(C)(=O)=O)nn2c1N1CCCCN1.Cc1ccc(NS(C)(=O)=O)c(C(=O)N2CC[C@@H](C)C[C@@H]2c2cc3nc(C)c(C)c(=O)n3[nH]2)c1.Cc1ccc(NS(C)(=O)=O)c(C(=O)N2CC[C@H](C)C[C@@H]2c2cc3nc(C)c(C)c(=O)n3[nH]2)c1.Cc1ccc(NS(C)(=O)=O)c(C(=O)N2CC[C@H](C)C[C@H]2c2cc3nc(C)c(C)c(=O)n3[nH]2)c1. The number of aryl methyl sites for hydroxylation is 6. The van der Waals surface area contributed by atoms with Crippen molar-refractivity contribution in [3.8, 4) is 0 Å². The molecule has 14 heterocycles. The normalized spacial score (nSPS) is 19.4. The fourth-order valence-electron chi connectivity index (χ4n) is 19.0. The molecular weight excluding hydrogens is 1880 g/mol. The first-order valence-electron chi connectivity index (χ1n) is 46.7. The predicted octanol–water partition coefficient (Wildman–Crippen LogP) is 12.5. The molecular formula is C96H122ClN23O15S4. The summed E-state index contributed by atoms with van der Waals surface area (Å²) in [6, 6.07) is 26.2. The Labute approximate surface area is 812 Å². The zero-order chi connectivity index (χ0) is 100. The minimum atomic E-state index is -3.59. The number of aromatic amines is 3. The van der Waals surface area contributed by atoms with Gasteiger partial charge >= 0.3 is 0 Å². The van der Waals surface area contributed by atoms with Crippen molar-refractivity contribution in [3.05, 3.63) is 234 Å². The van der Waals surface area contributed by atoms with Crippen LogP contribution in [0.5, 0.6) is 0 Å². The number of fused-ring (bicyclic) bond motifs is 4. The van der Waals surface area contributed by atoms with Gasteiger partial charge in [-0.15, -0.1) is 0 Å². The Morgan fingerprint density at radius 3 is 1.08 bits per heavy atom. The number of likely N-dealkylation sites (tertiary alicyclic amines) is 4. The Kier molecular flexibility index (Phi) is 29.3. The molecule has 6 aliphatic heterocycles. The number of hydrazine groups is 1. The number of hydrogen-bond donors (Lipinski definition) is 8. The lowest BCUT2D eigenvalue weighted by atomic mass is 9.90. The predicted molar refractivity (Wildman–Crippen MR) is 538 cm³/mol. The number of H-pyrrole nitrogens is 3. The zero-order valence-corrected chi connectivity index (χ0v) is 85.3. The molecule has 6 fully saturated rings. The number of carbonyl (C=O) groups excluding carboxylic acids is 4. The molecule has 18 rings (SSSR count). The monoisotopic (exact) mass is 2000 g/mol. The van der Waals surface area contributed by atoms with Crippen molar-refractivity contribution in [3.63, 3.8) is 0 Å². The molecule has 38 nitrogen and oxygen atoms in total. The number of hydrogen-bond acceptors (Lipinski definition) is 23. The molecule has 0 spiro atoms. The highest BCUT2D eigenvalue weighted by Crippen LogP contribution is 2.43. The van der Waals surface area contributed by atoms with Gasteiger partial charge in [-0.25, -0.2) is 72.6 Å².